The monoisotopic (exact) mass is 261 g/mol. The predicted molar refractivity (Wildman–Crippen MR) is 67.1 cm³/mol. The van der Waals surface area contributed by atoms with Gasteiger partial charge in [-0.25, -0.2) is 0 Å². The number of Topliss-reactive ketones (excluding diaryl/α,β-unsaturated/α-hetero) is 1. The van der Waals surface area contributed by atoms with Crippen molar-refractivity contribution in [2.24, 2.45) is 7.05 Å². The van der Waals surface area contributed by atoms with Crippen LogP contribution >= 0.6 is 0 Å². The lowest BCUT2D eigenvalue weighted by Gasteiger charge is -2.05. The Morgan fingerprint density at radius 1 is 1.37 bits per heavy atom. The normalized spacial score (nSPS) is 10.4. The number of aryl methyl sites for hydroxylation is 1. The largest absolute Gasteiger partial charge is 0.348 e. The number of hydrogen-bond acceptors (Lipinski definition) is 4. The zero-order valence-electron chi connectivity index (χ0n) is 10.1. The zero-order valence-corrected chi connectivity index (χ0v) is 10.1. The quantitative estimate of drug-likeness (QED) is 0.466. The Balaban J connectivity index is 2.31. The first-order valence-electron chi connectivity index (χ1n) is 5.48. The van der Waals surface area contributed by atoms with Crippen LogP contribution in [0.2, 0.25) is 0 Å². The van der Waals surface area contributed by atoms with Gasteiger partial charge in [0.1, 0.15) is 0 Å². The van der Waals surface area contributed by atoms with Gasteiger partial charge in [-0.1, -0.05) is 0 Å². The molecule has 0 unspecified atom stereocenters. The maximum atomic E-state index is 12.0. The molecule has 19 heavy (non-hydrogen) atoms. The van der Waals surface area contributed by atoms with E-state index in [0.29, 0.717) is 5.69 Å². The Morgan fingerprint density at radius 2 is 2.11 bits per heavy atom. The van der Waals surface area contributed by atoms with Crippen molar-refractivity contribution in [3.8, 4) is 0 Å². The minimum Gasteiger partial charge on any atom is -0.348 e. The van der Waals surface area contributed by atoms with Crippen LogP contribution in [0, 0.1) is 10.1 Å². The summed E-state index contributed by atoms with van der Waals surface area (Å²) < 4.78 is 2.66. The van der Waals surface area contributed by atoms with Gasteiger partial charge in [-0.3, -0.25) is 19.7 Å². The SMILES string of the molecule is Cn1cccc1C(=O)Cn1cc([N+](=O)[O-])ccc1=O. The van der Waals surface area contributed by atoms with E-state index in [-0.39, 0.29) is 18.0 Å². The predicted octanol–water partition coefficient (Wildman–Crippen LogP) is 0.978. The smallest absolute Gasteiger partial charge is 0.285 e. The summed E-state index contributed by atoms with van der Waals surface area (Å²) in [5.74, 6) is -0.282. The summed E-state index contributed by atoms with van der Waals surface area (Å²) in [7, 11) is 1.71. The fourth-order valence-corrected chi connectivity index (χ4v) is 1.74. The van der Waals surface area contributed by atoms with E-state index in [9.17, 15) is 19.7 Å². The van der Waals surface area contributed by atoms with Gasteiger partial charge in [-0.2, -0.15) is 0 Å². The van der Waals surface area contributed by atoms with Gasteiger partial charge in [0.05, 0.1) is 23.4 Å². The summed E-state index contributed by atoms with van der Waals surface area (Å²) in [6.07, 6.45) is 2.78. The molecule has 7 heteroatoms. The van der Waals surface area contributed by atoms with Crippen molar-refractivity contribution >= 4 is 11.5 Å². The number of carbonyl (C=O) groups is 1. The molecule has 0 fully saturated rings. The number of ketones is 1. The zero-order chi connectivity index (χ0) is 14.0. The minimum absolute atomic E-state index is 0.223. The molecular weight excluding hydrogens is 250 g/mol. The highest BCUT2D eigenvalue weighted by Gasteiger charge is 2.13. The third-order valence-electron chi connectivity index (χ3n) is 2.72. The fraction of sp³-hybridized carbons (Fsp3) is 0.167. The first-order valence-corrected chi connectivity index (χ1v) is 5.48. The van der Waals surface area contributed by atoms with Crippen LogP contribution in [-0.4, -0.2) is 19.8 Å². The van der Waals surface area contributed by atoms with Crippen LogP contribution < -0.4 is 5.56 Å². The lowest BCUT2D eigenvalue weighted by molar-refractivity contribution is -0.385. The van der Waals surface area contributed by atoms with Gasteiger partial charge < -0.3 is 9.13 Å². The van der Waals surface area contributed by atoms with E-state index in [4.69, 9.17) is 0 Å². The summed E-state index contributed by atoms with van der Waals surface area (Å²) >= 11 is 0. The molecule has 98 valence electrons. The lowest BCUT2D eigenvalue weighted by Crippen LogP contribution is -2.24. The molecule has 0 atom stereocenters. The maximum Gasteiger partial charge on any atom is 0.285 e. The number of aromatic nitrogens is 2. The summed E-state index contributed by atoms with van der Waals surface area (Å²) in [5.41, 5.74) is -0.231. The van der Waals surface area contributed by atoms with Gasteiger partial charge in [-0.15, -0.1) is 0 Å². The van der Waals surface area contributed by atoms with Gasteiger partial charge in [0.25, 0.3) is 11.2 Å². The molecule has 2 aromatic rings. The molecule has 0 aromatic carbocycles. The Kier molecular flexibility index (Phi) is 3.28. The van der Waals surface area contributed by atoms with E-state index < -0.39 is 10.5 Å². The Hall–Kier alpha value is -2.70. The number of nitrogens with zero attached hydrogens (tertiary/aromatic N) is 3. The number of hydrogen-bond donors (Lipinski definition) is 0. The molecule has 0 radical (unpaired) electrons. The van der Waals surface area contributed by atoms with Gasteiger partial charge >= 0.3 is 0 Å². The van der Waals surface area contributed by atoms with E-state index in [2.05, 4.69) is 0 Å². The summed E-state index contributed by atoms with van der Waals surface area (Å²) in [6.45, 7) is -0.224. The van der Waals surface area contributed by atoms with Gasteiger partial charge in [0.15, 0.2) is 5.78 Å². The van der Waals surface area contributed by atoms with E-state index in [1.54, 1.807) is 29.9 Å². The first kappa shape index (κ1) is 12.7. The third-order valence-corrected chi connectivity index (χ3v) is 2.72. The van der Waals surface area contributed by atoms with Crippen LogP contribution in [0.1, 0.15) is 10.5 Å². The molecule has 2 rings (SSSR count). The summed E-state index contributed by atoms with van der Waals surface area (Å²) in [4.78, 5) is 33.6. The molecule has 0 aliphatic rings. The van der Waals surface area contributed by atoms with Crippen molar-refractivity contribution in [3.63, 3.8) is 0 Å². The van der Waals surface area contributed by atoms with Crippen molar-refractivity contribution in [2.45, 2.75) is 6.54 Å². The molecule has 0 saturated carbocycles. The molecule has 0 saturated heterocycles. The van der Waals surface area contributed by atoms with Crippen molar-refractivity contribution in [1.82, 2.24) is 9.13 Å². The van der Waals surface area contributed by atoms with Gasteiger partial charge in [0.2, 0.25) is 0 Å². The van der Waals surface area contributed by atoms with Crippen LogP contribution in [0.25, 0.3) is 0 Å². The molecule has 2 heterocycles. The molecular formula is C12H11N3O4. The molecule has 2 aromatic heterocycles. The van der Waals surface area contributed by atoms with Crippen molar-refractivity contribution in [1.29, 1.82) is 0 Å². The highest BCUT2D eigenvalue weighted by Crippen LogP contribution is 2.08. The van der Waals surface area contributed by atoms with Gasteiger partial charge in [-0.05, 0) is 12.1 Å². The molecule has 0 aliphatic carbocycles. The standard InChI is InChI=1S/C12H11N3O4/c1-13-6-2-3-10(13)11(16)8-14-7-9(15(18)19)4-5-12(14)17/h2-7H,8H2,1H3. The second kappa shape index (κ2) is 4.89. The average molecular weight is 261 g/mol. The Morgan fingerprint density at radius 3 is 2.68 bits per heavy atom. The van der Waals surface area contributed by atoms with E-state index >= 15 is 0 Å². The second-order valence-corrected chi connectivity index (χ2v) is 4.04. The lowest BCUT2D eigenvalue weighted by atomic mass is 10.2. The topological polar surface area (TPSA) is 87.1 Å². The third kappa shape index (κ3) is 2.59. The van der Waals surface area contributed by atoms with E-state index in [1.807, 2.05) is 0 Å². The summed E-state index contributed by atoms with van der Waals surface area (Å²) in [5, 5.41) is 10.6. The van der Waals surface area contributed by atoms with Crippen molar-refractivity contribution < 1.29 is 9.72 Å². The highest BCUT2D eigenvalue weighted by molar-refractivity contribution is 5.94. The molecule has 0 spiro atoms. The van der Waals surface area contributed by atoms with Gasteiger partial charge in [0, 0.05) is 25.4 Å². The average Bonchev–Trinajstić information content (AvgIpc) is 2.78. The molecule has 0 amide bonds. The van der Waals surface area contributed by atoms with Crippen LogP contribution in [0.5, 0.6) is 0 Å². The number of pyridine rings is 1. The van der Waals surface area contributed by atoms with Crippen LogP contribution in [-0.2, 0) is 13.6 Å². The Bertz CT molecular complexity index is 699. The van der Waals surface area contributed by atoms with Crippen LogP contribution in [0.4, 0.5) is 5.69 Å². The van der Waals surface area contributed by atoms with Crippen molar-refractivity contribution in [3.05, 3.63) is 62.8 Å². The number of nitro groups is 1. The maximum absolute atomic E-state index is 12.0. The molecule has 0 bridgehead atoms. The summed E-state index contributed by atoms with van der Waals surface area (Å²) in [6, 6.07) is 5.54. The second-order valence-electron chi connectivity index (χ2n) is 4.04. The van der Waals surface area contributed by atoms with Crippen molar-refractivity contribution in [2.75, 3.05) is 0 Å². The van der Waals surface area contributed by atoms with E-state index in [1.165, 1.54) is 0 Å². The van der Waals surface area contributed by atoms with Crippen LogP contribution in [0.15, 0.2) is 41.5 Å². The minimum atomic E-state index is -0.608. The number of rotatable bonds is 4. The molecule has 0 aliphatic heterocycles. The Labute approximate surface area is 107 Å². The highest BCUT2D eigenvalue weighted by atomic mass is 16.6. The van der Waals surface area contributed by atoms with E-state index in [0.717, 1.165) is 22.9 Å². The van der Waals surface area contributed by atoms with Crippen LogP contribution in [0.3, 0.4) is 0 Å². The first-order chi connectivity index (χ1) is 8.99. The number of carbonyl (C=O) groups excluding carboxylic acids is 1. The molecule has 7 nitrogen and oxygen atoms in total. The molecule has 0 N–H and O–H groups in total. The fourth-order valence-electron chi connectivity index (χ4n) is 1.74.